The number of Topliss-reactive ketones (excluding diaryl/α,β-unsaturated/α-hetero) is 1. The Hall–Kier alpha value is -0.263. The van der Waals surface area contributed by atoms with E-state index >= 15 is 0 Å². The van der Waals surface area contributed by atoms with E-state index in [0.29, 0.717) is 6.42 Å². The number of carboxylic acids is 1. The van der Waals surface area contributed by atoms with E-state index in [9.17, 15) is 14.7 Å². The molecule has 0 aromatic carbocycles. The molecule has 0 aliphatic carbocycles. The maximum Gasteiger partial charge on any atom is 1.00 e. The van der Waals surface area contributed by atoms with Crippen molar-refractivity contribution in [2.24, 2.45) is 5.41 Å². The standard InChI is InChI=1S/C10H18O3.Li/c1-10(2,3)7-5-4-6-8(11)9(12)13;/h4-7H2,1-3H3,(H,12,13);/q;+1/p-1. The SMILES string of the molecule is CC(C)(C)CCCCC(=O)C(=O)[O-].[Li+]. The fourth-order valence-corrected chi connectivity index (χ4v) is 1.04. The zero-order valence-electron chi connectivity index (χ0n) is 9.55. The molecule has 0 bridgehead atoms. The molecule has 0 spiro atoms. The third-order valence-electron chi connectivity index (χ3n) is 1.81. The normalized spacial score (nSPS) is 10.5. The van der Waals surface area contributed by atoms with E-state index in [1.54, 1.807) is 0 Å². The second-order valence-corrected chi connectivity index (χ2v) is 4.48. The number of hydrogen-bond donors (Lipinski definition) is 0. The Morgan fingerprint density at radius 3 is 2.00 bits per heavy atom. The Bertz CT molecular complexity index is 194. The molecule has 0 heterocycles. The molecule has 4 heteroatoms. The van der Waals surface area contributed by atoms with Gasteiger partial charge in [0, 0.05) is 6.42 Å². The minimum absolute atomic E-state index is 0. The van der Waals surface area contributed by atoms with Crippen LogP contribution in [0.4, 0.5) is 0 Å². The van der Waals surface area contributed by atoms with E-state index in [1.165, 1.54) is 0 Å². The van der Waals surface area contributed by atoms with Gasteiger partial charge in [-0.1, -0.05) is 27.2 Å². The van der Waals surface area contributed by atoms with Gasteiger partial charge in [0.15, 0.2) is 5.78 Å². The molecular formula is C10H17LiO3. The van der Waals surface area contributed by atoms with Gasteiger partial charge >= 0.3 is 18.9 Å². The summed E-state index contributed by atoms with van der Waals surface area (Å²) in [4.78, 5) is 20.6. The van der Waals surface area contributed by atoms with Crippen LogP contribution < -0.4 is 24.0 Å². The van der Waals surface area contributed by atoms with E-state index in [2.05, 4.69) is 20.8 Å². The summed E-state index contributed by atoms with van der Waals surface area (Å²) in [5, 5.41) is 10.0. The monoisotopic (exact) mass is 192 g/mol. The minimum Gasteiger partial charge on any atom is -0.542 e. The molecule has 0 fully saturated rings. The van der Waals surface area contributed by atoms with E-state index in [-0.39, 0.29) is 30.7 Å². The number of ketones is 1. The summed E-state index contributed by atoms with van der Waals surface area (Å²) in [5.74, 6) is -2.34. The van der Waals surface area contributed by atoms with Crippen LogP contribution in [0.1, 0.15) is 46.5 Å². The van der Waals surface area contributed by atoms with E-state index in [1.807, 2.05) is 0 Å². The van der Waals surface area contributed by atoms with Crippen molar-refractivity contribution >= 4 is 11.8 Å². The predicted molar refractivity (Wildman–Crippen MR) is 47.9 cm³/mol. The fourth-order valence-electron chi connectivity index (χ4n) is 1.04. The average Bonchev–Trinajstić information content (AvgIpc) is 1.95. The third kappa shape index (κ3) is 9.82. The topological polar surface area (TPSA) is 57.2 Å². The number of carbonyl (C=O) groups is 2. The first-order valence-corrected chi connectivity index (χ1v) is 4.57. The molecule has 0 radical (unpaired) electrons. The molecule has 0 rings (SSSR count). The molecule has 3 nitrogen and oxygen atoms in total. The van der Waals surface area contributed by atoms with Crippen molar-refractivity contribution in [1.29, 1.82) is 0 Å². The average molecular weight is 192 g/mol. The smallest absolute Gasteiger partial charge is 0.542 e. The Kier molecular flexibility index (Phi) is 8.19. The first-order chi connectivity index (χ1) is 5.83. The van der Waals surface area contributed by atoms with Crippen molar-refractivity contribution in [3.05, 3.63) is 0 Å². The Balaban J connectivity index is 0. The van der Waals surface area contributed by atoms with Crippen LogP contribution in [0.15, 0.2) is 0 Å². The van der Waals surface area contributed by atoms with Crippen LogP contribution >= 0.6 is 0 Å². The van der Waals surface area contributed by atoms with Gasteiger partial charge in [-0.25, -0.2) is 0 Å². The van der Waals surface area contributed by atoms with Gasteiger partial charge in [-0.3, -0.25) is 4.79 Å². The van der Waals surface area contributed by atoms with Crippen LogP contribution in [0.25, 0.3) is 0 Å². The molecule has 0 aliphatic heterocycles. The predicted octanol–water partition coefficient (Wildman–Crippen LogP) is -2.08. The first kappa shape index (κ1) is 16.2. The second-order valence-electron chi connectivity index (χ2n) is 4.48. The van der Waals surface area contributed by atoms with Gasteiger partial charge in [0.25, 0.3) is 0 Å². The van der Waals surface area contributed by atoms with Gasteiger partial charge in [-0.05, 0) is 18.3 Å². The maximum atomic E-state index is 10.6. The number of carboxylic acid groups (broad SMARTS) is 1. The quantitative estimate of drug-likeness (QED) is 0.285. The summed E-state index contributed by atoms with van der Waals surface area (Å²) in [7, 11) is 0. The Labute approximate surface area is 97.4 Å². The summed E-state index contributed by atoms with van der Waals surface area (Å²) < 4.78 is 0. The molecular weight excluding hydrogens is 175 g/mol. The summed E-state index contributed by atoms with van der Waals surface area (Å²) >= 11 is 0. The molecule has 0 aliphatic rings. The molecule has 0 saturated heterocycles. The number of aliphatic carboxylic acids is 1. The zero-order valence-corrected chi connectivity index (χ0v) is 9.55. The summed E-state index contributed by atoms with van der Waals surface area (Å²) in [6.45, 7) is 6.36. The summed E-state index contributed by atoms with van der Waals surface area (Å²) in [5.41, 5.74) is 0.254. The van der Waals surface area contributed by atoms with Gasteiger partial charge in [0.2, 0.25) is 0 Å². The Morgan fingerprint density at radius 2 is 1.64 bits per heavy atom. The van der Waals surface area contributed by atoms with Crippen molar-refractivity contribution in [2.45, 2.75) is 46.5 Å². The maximum absolute atomic E-state index is 10.6. The number of carbonyl (C=O) groups excluding carboxylic acids is 2. The Morgan fingerprint density at radius 1 is 1.14 bits per heavy atom. The summed E-state index contributed by atoms with van der Waals surface area (Å²) in [6.07, 6.45) is 2.65. The van der Waals surface area contributed by atoms with Gasteiger partial charge in [0.1, 0.15) is 5.97 Å². The number of unbranched alkanes of at least 4 members (excludes halogenated alkanes) is 1. The van der Waals surface area contributed by atoms with Crippen LogP contribution in [0, 0.1) is 5.41 Å². The van der Waals surface area contributed by atoms with Crippen LogP contribution in [0.5, 0.6) is 0 Å². The van der Waals surface area contributed by atoms with Crippen molar-refractivity contribution in [3.63, 3.8) is 0 Å². The largest absolute Gasteiger partial charge is 1.00 e. The second kappa shape index (κ2) is 7.09. The molecule has 14 heavy (non-hydrogen) atoms. The van der Waals surface area contributed by atoms with Gasteiger partial charge < -0.3 is 9.90 Å². The molecule has 0 aromatic rings. The zero-order chi connectivity index (χ0) is 10.5. The molecule has 0 amide bonds. The molecule has 0 saturated carbocycles. The van der Waals surface area contributed by atoms with Gasteiger partial charge in [0.05, 0.1) is 0 Å². The first-order valence-electron chi connectivity index (χ1n) is 4.57. The number of hydrogen-bond acceptors (Lipinski definition) is 3. The third-order valence-corrected chi connectivity index (χ3v) is 1.81. The van der Waals surface area contributed by atoms with E-state index in [0.717, 1.165) is 12.8 Å². The van der Waals surface area contributed by atoms with Crippen molar-refractivity contribution in [1.82, 2.24) is 0 Å². The molecule has 0 unspecified atom stereocenters. The van der Waals surface area contributed by atoms with E-state index < -0.39 is 11.8 Å². The van der Waals surface area contributed by atoms with Crippen LogP contribution in [0.2, 0.25) is 0 Å². The van der Waals surface area contributed by atoms with Crippen molar-refractivity contribution in [2.75, 3.05) is 0 Å². The van der Waals surface area contributed by atoms with Gasteiger partial charge in [-0.15, -0.1) is 0 Å². The molecule has 0 N–H and O–H groups in total. The molecule has 76 valence electrons. The summed E-state index contributed by atoms with van der Waals surface area (Å²) in [6, 6.07) is 0. The van der Waals surface area contributed by atoms with Gasteiger partial charge in [-0.2, -0.15) is 0 Å². The minimum atomic E-state index is -1.56. The van der Waals surface area contributed by atoms with Crippen molar-refractivity contribution < 1.29 is 33.6 Å². The van der Waals surface area contributed by atoms with Crippen LogP contribution in [-0.2, 0) is 9.59 Å². The van der Waals surface area contributed by atoms with Crippen LogP contribution in [-0.4, -0.2) is 11.8 Å². The van der Waals surface area contributed by atoms with Crippen molar-refractivity contribution in [3.8, 4) is 0 Å². The van der Waals surface area contributed by atoms with E-state index in [4.69, 9.17) is 0 Å². The van der Waals surface area contributed by atoms with Crippen LogP contribution in [0.3, 0.4) is 0 Å². The molecule has 0 aromatic heterocycles. The fraction of sp³-hybridized carbons (Fsp3) is 0.800. The molecule has 0 atom stereocenters. The number of rotatable bonds is 5.